The van der Waals surface area contributed by atoms with E-state index in [4.69, 9.17) is 23.3 Å². The molecular weight excluding hydrogens is 464 g/mol. The quantitative estimate of drug-likeness (QED) is 0.0865. The fourth-order valence-electron chi connectivity index (χ4n) is 4.52. The molecule has 1 amide bonds. The zero-order valence-electron chi connectivity index (χ0n) is 23.3. The molecule has 0 rings (SSSR count). The van der Waals surface area contributed by atoms with Crippen LogP contribution in [0.3, 0.4) is 0 Å². The topological polar surface area (TPSA) is 130 Å². The Morgan fingerprint density at radius 1 is 0.743 bits per heavy atom. The molecule has 5 N–H and O–H groups in total. The summed E-state index contributed by atoms with van der Waals surface area (Å²) in [6.07, 6.45) is 24.5. The Morgan fingerprint density at radius 3 is 1.49 bits per heavy atom. The van der Waals surface area contributed by atoms with Gasteiger partial charge in [-0.2, -0.15) is 8.42 Å². The lowest BCUT2D eigenvalue weighted by Crippen LogP contribution is -2.58. The number of nitrogens with one attached hydrogen (secondary N) is 1. The van der Waals surface area contributed by atoms with E-state index in [-0.39, 0.29) is 17.5 Å². The van der Waals surface area contributed by atoms with E-state index in [1.807, 2.05) is 0 Å². The molecule has 2 unspecified atom stereocenters. The lowest BCUT2D eigenvalue weighted by atomic mass is 9.81. The summed E-state index contributed by atoms with van der Waals surface area (Å²) in [5, 5.41) is 3.26. The molecule has 0 aromatic carbocycles. The third-order valence-corrected chi connectivity index (χ3v) is 6.85. The van der Waals surface area contributed by atoms with Crippen molar-refractivity contribution < 1.29 is 22.3 Å². The number of hydrogen-bond donors (Lipinski definition) is 4. The number of rotatable bonds is 22. The predicted molar refractivity (Wildman–Crippen MR) is 148 cm³/mol. The Kier molecular flexibility index (Phi) is 24.7. The molecule has 0 fully saturated rings. The lowest BCUT2D eigenvalue weighted by Gasteiger charge is -2.37. The van der Waals surface area contributed by atoms with Crippen LogP contribution < -0.4 is 11.1 Å². The average molecular weight is 523 g/mol. The van der Waals surface area contributed by atoms with E-state index in [1.165, 1.54) is 89.9 Å². The van der Waals surface area contributed by atoms with Crippen molar-refractivity contribution in [3.8, 4) is 0 Å². The highest BCUT2D eigenvalue weighted by atomic mass is 32.3. The zero-order valence-corrected chi connectivity index (χ0v) is 24.1. The van der Waals surface area contributed by atoms with Gasteiger partial charge in [-0.05, 0) is 25.7 Å². The molecule has 0 radical (unpaired) electrons. The monoisotopic (exact) mass is 522 g/mol. The summed E-state index contributed by atoms with van der Waals surface area (Å²) in [6.45, 7) is 8.81. The summed E-state index contributed by atoms with van der Waals surface area (Å²) in [5.74, 6) is 0.198. The van der Waals surface area contributed by atoms with Gasteiger partial charge in [-0.3, -0.25) is 13.9 Å². The smallest absolute Gasteiger partial charge is 0.352 e. The molecule has 2 atom stereocenters. The van der Waals surface area contributed by atoms with Crippen LogP contribution in [0.1, 0.15) is 156 Å². The lowest BCUT2D eigenvalue weighted by molar-refractivity contribution is -0.122. The maximum absolute atomic E-state index is 12.4. The van der Waals surface area contributed by atoms with Gasteiger partial charge in [0.25, 0.3) is 0 Å². The van der Waals surface area contributed by atoms with Gasteiger partial charge in [0.05, 0.1) is 0 Å². The van der Waals surface area contributed by atoms with Crippen molar-refractivity contribution >= 4 is 16.3 Å². The maximum atomic E-state index is 12.4. The summed E-state index contributed by atoms with van der Waals surface area (Å²) in [6, 6.07) is 0.105. The third kappa shape index (κ3) is 26.2. The molecule has 0 spiro atoms. The van der Waals surface area contributed by atoms with Crippen LogP contribution in [0.25, 0.3) is 0 Å². The molecular formula is C27H58N2O5S. The minimum absolute atomic E-state index is 0.105. The average Bonchev–Trinajstić information content (AvgIpc) is 2.79. The molecule has 0 saturated heterocycles. The van der Waals surface area contributed by atoms with E-state index in [0.717, 1.165) is 32.1 Å². The first-order valence-electron chi connectivity index (χ1n) is 14.3. The molecule has 212 valence electrons. The number of amides is 1. The highest BCUT2D eigenvalue weighted by Gasteiger charge is 2.32. The minimum atomic E-state index is -4.67. The van der Waals surface area contributed by atoms with E-state index >= 15 is 0 Å². The van der Waals surface area contributed by atoms with Crippen molar-refractivity contribution in [2.45, 2.75) is 168 Å². The summed E-state index contributed by atoms with van der Waals surface area (Å²) in [5.41, 5.74) is 6.45. The first-order valence-corrected chi connectivity index (χ1v) is 15.7. The van der Waals surface area contributed by atoms with Gasteiger partial charge in [0, 0.05) is 18.0 Å². The Balaban J connectivity index is 0. The van der Waals surface area contributed by atoms with Crippen molar-refractivity contribution in [1.82, 2.24) is 5.32 Å². The molecule has 0 aliphatic heterocycles. The fraction of sp³-hybridized carbons (Fsp3) is 0.963. The molecule has 35 heavy (non-hydrogen) atoms. The van der Waals surface area contributed by atoms with Gasteiger partial charge in [0.15, 0.2) is 0 Å². The van der Waals surface area contributed by atoms with Gasteiger partial charge in [-0.1, -0.05) is 124 Å². The van der Waals surface area contributed by atoms with Crippen LogP contribution in [0.15, 0.2) is 0 Å². The van der Waals surface area contributed by atoms with Crippen molar-refractivity contribution in [1.29, 1.82) is 0 Å². The molecule has 0 aliphatic carbocycles. The summed E-state index contributed by atoms with van der Waals surface area (Å²) < 4.78 is 31.6. The van der Waals surface area contributed by atoms with Gasteiger partial charge in [-0.15, -0.1) is 0 Å². The number of nitrogens with two attached hydrogens (primary N) is 1. The highest BCUT2D eigenvalue weighted by Crippen LogP contribution is 2.23. The van der Waals surface area contributed by atoms with Crippen LogP contribution in [-0.2, 0) is 15.2 Å². The van der Waals surface area contributed by atoms with Gasteiger partial charge < -0.3 is 11.1 Å². The van der Waals surface area contributed by atoms with E-state index in [1.54, 1.807) is 0 Å². The molecule has 8 heteroatoms. The van der Waals surface area contributed by atoms with Gasteiger partial charge >= 0.3 is 10.4 Å². The van der Waals surface area contributed by atoms with Crippen molar-refractivity contribution in [2.24, 2.45) is 5.73 Å². The van der Waals surface area contributed by atoms with Crippen LogP contribution in [0, 0.1) is 0 Å². The fourth-order valence-corrected chi connectivity index (χ4v) is 4.52. The molecule has 7 nitrogen and oxygen atoms in total. The SMILES string of the molecule is CCCCCCCCCCCCCCCC(=O)NC(CC)C(N)(CC)CCCCC.O=S(=O)(O)O. The summed E-state index contributed by atoms with van der Waals surface area (Å²) in [4.78, 5) is 12.4. The maximum Gasteiger partial charge on any atom is 0.394 e. The van der Waals surface area contributed by atoms with Crippen LogP contribution in [0.2, 0.25) is 0 Å². The largest absolute Gasteiger partial charge is 0.394 e. The van der Waals surface area contributed by atoms with Gasteiger partial charge in [0.1, 0.15) is 0 Å². The molecule has 0 saturated carbocycles. The summed E-state index contributed by atoms with van der Waals surface area (Å²) in [7, 11) is -4.67. The van der Waals surface area contributed by atoms with Crippen LogP contribution >= 0.6 is 0 Å². The van der Waals surface area contributed by atoms with Gasteiger partial charge in [0.2, 0.25) is 5.91 Å². The number of unbranched alkanes of at least 4 members (excludes halogenated alkanes) is 14. The second-order valence-electron chi connectivity index (χ2n) is 10.0. The zero-order chi connectivity index (χ0) is 27.0. The Bertz CT molecular complexity index is 578. The van der Waals surface area contributed by atoms with Gasteiger partial charge in [-0.25, -0.2) is 0 Å². The second-order valence-corrected chi connectivity index (χ2v) is 10.9. The number of carbonyl (C=O) groups is 1. The first kappa shape index (κ1) is 36.5. The summed E-state index contributed by atoms with van der Waals surface area (Å²) >= 11 is 0. The van der Waals surface area contributed by atoms with Crippen molar-refractivity contribution in [3.63, 3.8) is 0 Å². The van der Waals surface area contributed by atoms with E-state index in [0.29, 0.717) is 6.42 Å². The normalized spacial score (nSPS) is 14.0. The van der Waals surface area contributed by atoms with E-state index in [9.17, 15) is 4.79 Å². The Morgan fingerprint density at radius 2 is 1.11 bits per heavy atom. The second kappa shape index (κ2) is 23.7. The van der Waals surface area contributed by atoms with E-state index in [2.05, 4.69) is 33.0 Å². The van der Waals surface area contributed by atoms with Crippen molar-refractivity contribution in [2.75, 3.05) is 0 Å². The van der Waals surface area contributed by atoms with Crippen molar-refractivity contribution in [3.05, 3.63) is 0 Å². The Labute approximate surface area is 217 Å². The minimum Gasteiger partial charge on any atom is -0.352 e. The van der Waals surface area contributed by atoms with Crippen LogP contribution in [-0.4, -0.2) is 35.0 Å². The van der Waals surface area contributed by atoms with Crippen LogP contribution in [0.5, 0.6) is 0 Å². The molecule has 0 aromatic rings. The first-order chi connectivity index (χ1) is 16.5. The highest BCUT2D eigenvalue weighted by molar-refractivity contribution is 7.79. The predicted octanol–water partition coefficient (Wildman–Crippen LogP) is 7.40. The van der Waals surface area contributed by atoms with Crippen LogP contribution in [0.4, 0.5) is 0 Å². The third-order valence-electron chi connectivity index (χ3n) is 6.85. The Hall–Kier alpha value is -0.700. The van der Waals surface area contributed by atoms with E-state index < -0.39 is 10.4 Å². The number of carbonyl (C=O) groups excluding carboxylic acids is 1. The number of hydrogen-bond acceptors (Lipinski definition) is 4. The molecule has 0 heterocycles. The molecule has 0 aromatic heterocycles. The molecule has 0 bridgehead atoms. The standard InChI is InChI=1S/C27H56N2O.H2O4S/c1-5-9-11-12-13-14-15-16-17-18-19-20-21-23-26(30)29-25(7-3)27(28,8-4)24-22-10-6-2;1-5(2,3)4/h25H,5-24,28H2,1-4H3,(H,29,30);(H2,1,2,3,4). The molecule has 0 aliphatic rings.